The van der Waals surface area contributed by atoms with Crippen LogP contribution in [0.2, 0.25) is 0 Å². The second-order valence-electron chi connectivity index (χ2n) is 6.20. The number of amides is 1. The minimum Gasteiger partial charge on any atom is -0.494 e. The van der Waals surface area contributed by atoms with Crippen LogP contribution < -0.4 is 10.1 Å². The van der Waals surface area contributed by atoms with Gasteiger partial charge in [0, 0.05) is 12.5 Å². The summed E-state index contributed by atoms with van der Waals surface area (Å²) in [5.74, 6) is -0.650. The zero-order valence-corrected chi connectivity index (χ0v) is 17.2. The number of thiazole rings is 1. The minimum atomic E-state index is -3.59. The van der Waals surface area contributed by atoms with E-state index in [0.29, 0.717) is 10.2 Å². The molecule has 0 saturated carbocycles. The highest BCUT2D eigenvalue weighted by atomic mass is 32.2. The molecule has 0 fully saturated rings. The highest BCUT2D eigenvalue weighted by Crippen LogP contribution is 2.36. The summed E-state index contributed by atoms with van der Waals surface area (Å²) >= 11 is 1.04. The molecule has 0 unspecified atom stereocenters. The standard InChI is InChI=1S/C18H17N3O6S2/c1-11-3-5-13(6-4-11)29(25,26)8-7-16(22)19-18-20-17-14(27-2)9-12(21(23)24)10-15(17)28-18/h3-6,9-10H,7-8H2,1-2H3,(H,19,20,22). The van der Waals surface area contributed by atoms with E-state index in [1.54, 1.807) is 12.1 Å². The van der Waals surface area contributed by atoms with Gasteiger partial charge in [-0.2, -0.15) is 0 Å². The molecule has 0 aliphatic heterocycles. The zero-order chi connectivity index (χ0) is 21.2. The summed E-state index contributed by atoms with van der Waals surface area (Å²) in [5, 5.41) is 13.8. The quantitative estimate of drug-likeness (QED) is 0.445. The van der Waals surface area contributed by atoms with Crippen molar-refractivity contribution in [1.29, 1.82) is 0 Å². The van der Waals surface area contributed by atoms with Crippen LogP contribution in [0.3, 0.4) is 0 Å². The normalized spacial score (nSPS) is 11.4. The van der Waals surface area contributed by atoms with E-state index in [9.17, 15) is 23.3 Å². The molecule has 11 heteroatoms. The summed E-state index contributed by atoms with van der Waals surface area (Å²) in [4.78, 5) is 27.1. The van der Waals surface area contributed by atoms with E-state index in [1.807, 2.05) is 6.92 Å². The molecule has 1 aromatic heterocycles. The zero-order valence-electron chi connectivity index (χ0n) is 15.5. The summed E-state index contributed by atoms with van der Waals surface area (Å²) < 4.78 is 30.3. The van der Waals surface area contributed by atoms with Crippen molar-refractivity contribution in [3.8, 4) is 5.75 Å². The van der Waals surface area contributed by atoms with Crippen molar-refractivity contribution in [3.63, 3.8) is 0 Å². The maximum atomic E-state index is 12.4. The van der Waals surface area contributed by atoms with Crippen molar-refractivity contribution < 1.29 is 22.9 Å². The molecule has 1 heterocycles. The number of non-ortho nitro benzene ring substituents is 1. The molecular formula is C18H17N3O6S2. The van der Waals surface area contributed by atoms with Crippen molar-refractivity contribution >= 4 is 48.1 Å². The molecule has 29 heavy (non-hydrogen) atoms. The van der Waals surface area contributed by atoms with E-state index in [1.165, 1.54) is 31.4 Å². The fourth-order valence-electron chi connectivity index (χ4n) is 2.57. The number of sulfone groups is 1. The number of aromatic nitrogens is 1. The average Bonchev–Trinajstić information content (AvgIpc) is 3.08. The van der Waals surface area contributed by atoms with E-state index < -0.39 is 20.7 Å². The van der Waals surface area contributed by atoms with Crippen LogP contribution in [0, 0.1) is 17.0 Å². The average molecular weight is 435 g/mol. The number of nitrogens with zero attached hydrogens (tertiary/aromatic N) is 2. The van der Waals surface area contributed by atoms with Gasteiger partial charge in [-0.3, -0.25) is 14.9 Å². The topological polar surface area (TPSA) is 128 Å². The van der Waals surface area contributed by atoms with Crippen molar-refractivity contribution in [1.82, 2.24) is 4.98 Å². The Hall–Kier alpha value is -3.05. The number of benzene rings is 2. The number of rotatable bonds is 7. The summed E-state index contributed by atoms with van der Waals surface area (Å²) in [6.45, 7) is 1.85. The molecule has 0 spiro atoms. The number of hydrogen-bond donors (Lipinski definition) is 1. The fourth-order valence-corrected chi connectivity index (χ4v) is 4.74. The SMILES string of the molecule is COc1cc([N+](=O)[O-])cc2sc(NC(=O)CCS(=O)(=O)c3ccc(C)cc3)nc12. The van der Waals surface area contributed by atoms with Crippen LogP contribution in [0.15, 0.2) is 41.3 Å². The smallest absolute Gasteiger partial charge is 0.274 e. The Labute approximate surface area is 170 Å². The molecule has 0 bridgehead atoms. The van der Waals surface area contributed by atoms with Gasteiger partial charge in [0.05, 0.1) is 33.4 Å². The third-order valence-electron chi connectivity index (χ3n) is 4.10. The van der Waals surface area contributed by atoms with E-state index >= 15 is 0 Å². The number of nitro groups is 1. The molecule has 3 aromatic rings. The minimum absolute atomic E-state index is 0.153. The molecule has 0 saturated heterocycles. The van der Waals surface area contributed by atoms with Crippen LogP contribution >= 0.6 is 11.3 Å². The Morgan fingerprint density at radius 2 is 1.97 bits per heavy atom. The predicted molar refractivity (Wildman–Crippen MR) is 109 cm³/mol. The lowest BCUT2D eigenvalue weighted by Crippen LogP contribution is -2.17. The predicted octanol–water partition coefficient (Wildman–Crippen LogP) is 3.32. The van der Waals surface area contributed by atoms with Gasteiger partial charge in [-0.15, -0.1) is 0 Å². The third-order valence-corrected chi connectivity index (χ3v) is 6.75. The second-order valence-corrected chi connectivity index (χ2v) is 9.34. The first-order valence-electron chi connectivity index (χ1n) is 8.42. The number of fused-ring (bicyclic) bond motifs is 1. The first-order valence-corrected chi connectivity index (χ1v) is 10.9. The van der Waals surface area contributed by atoms with Crippen molar-refractivity contribution in [3.05, 3.63) is 52.1 Å². The molecule has 3 rings (SSSR count). The Balaban J connectivity index is 1.73. The van der Waals surface area contributed by atoms with Crippen molar-refractivity contribution in [2.75, 3.05) is 18.2 Å². The highest BCUT2D eigenvalue weighted by molar-refractivity contribution is 7.91. The van der Waals surface area contributed by atoms with Gasteiger partial charge < -0.3 is 10.1 Å². The lowest BCUT2D eigenvalue weighted by Gasteiger charge is -2.05. The Morgan fingerprint density at radius 1 is 1.28 bits per heavy atom. The fraction of sp³-hybridized carbons (Fsp3) is 0.222. The lowest BCUT2D eigenvalue weighted by atomic mass is 10.2. The largest absolute Gasteiger partial charge is 0.494 e. The highest BCUT2D eigenvalue weighted by Gasteiger charge is 2.19. The molecule has 0 atom stereocenters. The molecule has 1 N–H and O–H groups in total. The van der Waals surface area contributed by atoms with E-state index in [2.05, 4.69) is 10.3 Å². The van der Waals surface area contributed by atoms with Gasteiger partial charge in [0.15, 0.2) is 20.7 Å². The van der Waals surface area contributed by atoms with Crippen LogP contribution in [0.4, 0.5) is 10.8 Å². The van der Waals surface area contributed by atoms with Gasteiger partial charge in [0.1, 0.15) is 5.52 Å². The van der Waals surface area contributed by atoms with Gasteiger partial charge >= 0.3 is 0 Å². The summed E-state index contributed by atoms with van der Waals surface area (Å²) in [6, 6.07) is 9.00. The van der Waals surface area contributed by atoms with Crippen LogP contribution in [-0.4, -0.2) is 37.1 Å². The van der Waals surface area contributed by atoms with Gasteiger partial charge in [-0.05, 0) is 19.1 Å². The molecular weight excluding hydrogens is 418 g/mol. The van der Waals surface area contributed by atoms with Crippen LogP contribution in [0.1, 0.15) is 12.0 Å². The van der Waals surface area contributed by atoms with Crippen LogP contribution in [0.5, 0.6) is 5.75 Å². The van der Waals surface area contributed by atoms with Crippen LogP contribution in [0.25, 0.3) is 10.2 Å². The molecule has 2 aromatic carbocycles. The summed E-state index contributed by atoms with van der Waals surface area (Å²) in [7, 11) is -2.22. The molecule has 0 aliphatic carbocycles. The van der Waals surface area contributed by atoms with E-state index in [0.717, 1.165) is 16.9 Å². The molecule has 1 amide bonds. The molecule has 9 nitrogen and oxygen atoms in total. The van der Waals surface area contributed by atoms with E-state index in [4.69, 9.17) is 4.74 Å². The number of anilines is 1. The number of carbonyl (C=O) groups is 1. The number of carbonyl (C=O) groups excluding carboxylic acids is 1. The number of methoxy groups -OCH3 is 1. The van der Waals surface area contributed by atoms with Crippen molar-refractivity contribution in [2.45, 2.75) is 18.2 Å². The molecule has 152 valence electrons. The number of nitrogens with one attached hydrogen (secondary N) is 1. The third kappa shape index (κ3) is 4.69. The summed E-state index contributed by atoms with van der Waals surface area (Å²) in [6.07, 6.45) is -0.247. The maximum absolute atomic E-state index is 12.4. The van der Waals surface area contributed by atoms with E-state index in [-0.39, 0.29) is 33.6 Å². The monoisotopic (exact) mass is 435 g/mol. The Morgan fingerprint density at radius 3 is 2.59 bits per heavy atom. The summed E-state index contributed by atoms with van der Waals surface area (Å²) in [5.41, 5.74) is 1.17. The first kappa shape index (κ1) is 20.7. The number of ether oxygens (including phenoxy) is 1. The van der Waals surface area contributed by atoms with Gasteiger partial charge in [-0.25, -0.2) is 13.4 Å². The first-order chi connectivity index (χ1) is 13.7. The maximum Gasteiger partial charge on any atom is 0.274 e. The lowest BCUT2D eigenvalue weighted by molar-refractivity contribution is -0.384. The second kappa shape index (κ2) is 8.13. The van der Waals surface area contributed by atoms with Crippen LogP contribution in [-0.2, 0) is 14.6 Å². The van der Waals surface area contributed by atoms with Gasteiger partial charge in [0.2, 0.25) is 5.91 Å². The number of hydrogen-bond acceptors (Lipinski definition) is 8. The molecule has 0 radical (unpaired) electrons. The number of nitro benzene ring substituents is 1. The number of aryl methyl sites for hydroxylation is 1. The van der Waals surface area contributed by atoms with Crippen molar-refractivity contribution in [2.24, 2.45) is 0 Å². The molecule has 0 aliphatic rings. The Kier molecular flexibility index (Phi) is 5.80. The Bertz CT molecular complexity index is 1190. The van der Waals surface area contributed by atoms with Gasteiger partial charge in [0.25, 0.3) is 5.69 Å². The van der Waals surface area contributed by atoms with Gasteiger partial charge in [-0.1, -0.05) is 29.0 Å².